The van der Waals surface area contributed by atoms with E-state index >= 15 is 0 Å². The number of piperazine rings is 1. The quantitative estimate of drug-likeness (QED) is 0.442. The number of nitrogens with zero attached hydrogens (tertiary/aromatic N) is 2. The van der Waals surface area contributed by atoms with Crippen molar-refractivity contribution in [3.8, 4) is 5.75 Å². The maximum Gasteiger partial charge on any atom is 0.222 e. The van der Waals surface area contributed by atoms with Crippen molar-refractivity contribution in [2.24, 2.45) is 0 Å². The molecule has 1 aromatic rings. The van der Waals surface area contributed by atoms with Crippen molar-refractivity contribution in [1.82, 2.24) is 9.80 Å². The van der Waals surface area contributed by atoms with E-state index in [2.05, 4.69) is 4.90 Å². The van der Waals surface area contributed by atoms with Crippen LogP contribution in [-0.2, 0) is 11.3 Å². The highest BCUT2D eigenvalue weighted by atomic mass is 35.5. The summed E-state index contributed by atoms with van der Waals surface area (Å²) in [5.41, 5.74) is 1.10. The van der Waals surface area contributed by atoms with E-state index in [9.17, 15) is 4.79 Å². The van der Waals surface area contributed by atoms with Crippen LogP contribution in [0.3, 0.4) is 0 Å². The highest BCUT2D eigenvalue weighted by molar-refractivity contribution is 8.77. The van der Waals surface area contributed by atoms with E-state index in [1.54, 1.807) is 7.11 Å². The maximum absolute atomic E-state index is 12.5. The van der Waals surface area contributed by atoms with Crippen molar-refractivity contribution < 1.29 is 9.53 Å². The molecule has 1 unspecified atom stereocenters. The molecule has 27 heavy (non-hydrogen) atoms. The Kier molecular flexibility index (Phi) is 8.49. The molecule has 2 aliphatic rings. The SMILES string of the molecule is COc1ccc(Cl)cc1CN1CCN(C(=O)CCCCC2CCSS2)CC1. The number of carbonyl (C=O) groups is 1. The number of benzene rings is 1. The van der Waals surface area contributed by atoms with Crippen LogP contribution in [-0.4, -0.2) is 60.0 Å². The Labute approximate surface area is 175 Å². The van der Waals surface area contributed by atoms with Gasteiger partial charge in [-0.1, -0.05) is 39.6 Å². The monoisotopic (exact) mass is 428 g/mol. The first kappa shape index (κ1) is 21.2. The molecule has 1 atom stereocenters. The molecule has 2 fully saturated rings. The predicted molar refractivity (Wildman–Crippen MR) is 117 cm³/mol. The topological polar surface area (TPSA) is 32.8 Å². The van der Waals surface area contributed by atoms with E-state index < -0.39 is 0 Å². The fourth-order valence-corrected chi connectivity index (χ4v) is 6.86. The van der Waals surface area contributed by atoms with E-state index in [0.717, 1.165) is 60.7 Å². The first-order valence-electron chi connectivity index (χ1n) is 9.76. The Bertz CT molecular complexity index is 618. The summed E-state index contributed by atoms with van der Waals surface area (Å²) < 4.78 is 5.44. The molecule has 0 saturated carbocycles. The molecule has 0 aromatic heterocycles. The number of methoxy groups -OCH3 is 1. The highest BCUT2D eigenvalue weighted by Gasteiger charge is 2.22. The summed E-state index contributed by atoms with van der Waals surface area (Å²) in [5.74, 6) is 2.49. The van der Waals surface area contributed by atoms with Gasteiger partial charge in [-0.15, -0.1) is 0 Å². The lowest BCUT2D eigenvalue weighted by molar-refractivity contribution is -0.133. The number of rotatable bonds is 8. The number of unbranched alkanes of at least 4 members (excludes halogenated alkanes) is 1. The first-order chi connectivity index (χ1) is 13.2. The van der Waals surface area contributed by atoms with Crippen LogP contribution in [0.2, 0.25) is 5.02 Å². The van der Waals surface area contributed by atoms with Gasteiger partial charge in [0.05, 0.1) is 7.11 Å². The zero-order chi connectivity index (χ0) is 19.1. The third-order valence-corrected chi connectivity index (χ3v) is 8.50. The van der Waals surface area contributed by atoms with Crippen molar-refractivity contribution in [1.29, 1.82) is 0 Å². The van der Waals surface area contributed by atoms with Gasteiger partial charge in [-0.25, -0.2) is 0 Å². The summed E-state index contributed by atoms with van der Waals surface area (Å²) in [7, 11) is 5.71. The van der Waals surface area contributed by atoms with Gasteiger partial charge in [0.25, 0.3) is 0 Å². The molecule has 1 amide bonds. The maximum atomic E-state index is 12.5. The van der Waals surface area contributed by atoms with Crippen LogP contribution >= 0.6 is 33.2 Å². The van der Waals surface area contributed by atoms with Gasteiger partial charge in [0.1, 0.15) is 5.75 Å². The summed E-state index contributed by atoms with van der Waals surface area (Å²) in [4.78, 5) is 16.9. The summed E-state index contributed by atoms with van der Waals surface area (Å²) in [6.07, 6.45) is 5.51. The number of carbonyl (C=O) groups excluding carboxylic acids is 1. The lowest BCUT2D eigenvalue weighted by atomic mass is 10.1. The van der Waals surface area contributed by atoms with Gasteiger partial charge in [-0.3, -0.25) is 9.69 Å². The highest BCUT2D eigenvalue weighted by Crippen LogP contribution is 2.39. The number of amides is 1. The van der Waals surface area contributed by atoms with Crippen LogP contribution in [0.1, 0.15) is 37.7 Å². The molecule has 0 bridgehead atoms. The van der Waals surface area contributed by atoms with E-state index in [1.807, 2.05) is 44.7 Å². The third-order valence-electron chi connectivity index (χ3n) is 5.26. The molecular weight excluding hydrogens is 400 g/mol. The fraction of sp³-hybridized carbons (Fsp3) is 0.650. The second-order valence-corrected chi connectivity index (χ2v) is 10.4. The molecule has 0 spiro atoms. The number of hydrogen-bond acceptors (Lipinski definition) is 5. The van der Waals surface area contributed by atoms with Gasteiger partial charge >= 0.3 is 0 Å². The molecule has 0 radical (unpaired) electrons. The molecule has 7 heteroatoms. The normalized spacial score (nSPS) is 20.8. The van der Waals surface area contributed by atoms with Gasteiger partial charge in [0.2, 0.25) is 5.91 Å². The molecule has 3 rings (SSSR count). The Morgan fingerprint density at radius 1 is 1.26 bits per heavy atom. The lowest BCUT2D eigenvalue weighted by Crippen LogP contribution is -2.48. The predicted octanol–water partition coefficient (Wildman–Crippen LogP) is 4.71. The molecule has 0 aliphatic carbocycles. The van der Waals surface area contributed by atoms with Crippen molar-refractivity contribution in [2.75, 3.05) is 39.0 Å². The van der Waals surface area contributed by atoms with Crippen LogP contribution < -0.4 is 4.74 Å². The molecule has 4 nitrogen and oxygen atoms in total. The minimum Gasteiger partial charge on any atom is -0.496 e. The smallest absolute Gasteiger partial charge is 0.222 e. The standard InChI is InChI=1S/C20H29ClN2O2S2/c1-25-19-7-6-17(21)14-16(19)15-22-9-11-23(12-10-22)20(24)5-3-2-4-18-8-13-26-27-18/h6-7,14,18H,2-5,8-13,15H2,1H3. The van der Waals surface area contributed by atoms with E-state index in [4.69, 9.17) is 16.3 Å². The van der Waals surface area contributed by atoms with Crippen LogP contribution in [0.25, 0.3) is 0 Å². The van der Waals surface area contributed by atoms with Gasteiger partial charge in [0.15, 0.2) is 0 Å². The number of hydrogen-bond donors (Lipinski definition) is 0. The number of halogens is 1. The molecule has 0 N–H and O–H groups in total. The molecular formula is C20H29ClN2O2S2. The summed E-state index contributed by atoms with van der Waals surface area (Å²) >= 11 is 6.13. The molecule has 2 heterocycles. The molecule has 1 aromatic carbocycles. The Morgan fingerprint density at radius 2 is 2.07 bits per heavy atom. The Hall–Kier alpha value is -0.560. The first-order valence-corrected chi connectivity index (χ1v) is 12.5. The average Bonchev–Trinajstić information content (AvgIpc) is 3.19. The Morgan fingerprint density at radius 3 is 2.78 bits per heavy atom. The average molecular weight is 429 g/mol. The summed E-state index contributed by atoms with van der Waals surface area (Å²) in [6, 6.07) is 5.74. The van der Waals surface area contributed by atoms with Crippen LogP contribution in [0.5, 0.6) is 5.75 Å². The fourth-order valence-electron chi connectivity index (χ4n) is 3.64. The summed E-state index contributed by atoms with van der Waals surface area (Å²) in [5, 5.41) is 1.55. The number of ether oxygens (including phenoxy) is 1. The van der Waals surface area contributed by atoms with Gasteiger partial charge < -0.3 is 9.64 Å². The lowest BCUT2D eigenvalue weighted by Gasteiger charge is -2.35. The Balaban J connectivity index is 1.37. The largest absolute Gasteiger partial charge is 0.496 e. The van der Waals surface area contributed by atoms with E-state index in [1.165, 1.54) is 25.0 Å². The minimum atomic E-state index is 0.323. The second kappa shape index (κ2) is 10.8. The molecule has 2 aliphatic heterocycles. The third kappa shape index (κ3) is 6.48. The molecule has 2 saturated heterocycles. The zero-order valence-corrected chi connectivity index (χ0v) is 18.4. The van der Waals surface area contributed by atoms with E-state index in [0.29, 0.717) is 12.3 Å². The van der Waals surface area contributed by atoms with Gasteiger partial charge in [-0.2, -0.15) is 0 Å². The van der Waals surface area contributed by atoms with Gasteiger partial charge in [-0.05, 0) is 37.5 Å². The van der Waals surface area contributed by atoms with Crippen molar-refractivity contribution in [3.63, 3.8) is 0 Å². The van der Waals surface area contributed by atoms with Crippen LogP contribution in [0, 0.1) is 0 Å². The van der Waals surface area contributed by atoms with Crippen LogP contribution in [0.4, 0.5) is 0 Å². The minimum absolute atomic E-state index is 0.323. The van der Waals surface area contributed by atoms with Gasteiger partial charge in [0, 0.05) is 60.7 Å². The van der Waals surface area contributed by atoms with Crippen LogP contribution in [0.15, 0.2) is 18.2 Å². The molecule has 150 valence electrons. The summed E-state index contributed by atoms with van der Waals surface area (Å²) in [6.45, 7) is 4.24. The van der Waals surface area contributed by atoms with Crippen molar-refractivity contribution >= 4 is 39.1 Å². The second-order valence-electron chi connectivity index (χ2n) is 7.19. The zero-order valence-electron chi connectivity index (χ0n) is 16.0. The van der Waals surface area contributed by atoms with Crippen molar-refractivity contribution in [2.45, 2.75) is 43.9 Å². The van der Waals surface area contributed by atoms with Crippen molar-refractivity contribution in [3.05, 3.63) is 28.8 Å². The van der Waals surface area contributed by atoms with E-state index in [-0.39, 0.29) is 0 Å².